The second kappa shape index (κ2) is 5.56. The van der Waals surface area contributed by atoms with Crippen LogP contribution in [0.5, 0.6) is 0 Å². The first kappa shape index (κ1) is 13.1. The Morgan fingerprint density at radius 3 is 2.28 bits per heavy atom. The molecular formula is C15H21NO2. The first-order valence-electron chi connectivity index (χ1n) is 6.90. The highest BCUT2D eigenvalue weighted by Crippen LogP contribution is 2.45. The highest BCUT2D eigenvalue weighted by Gasteiger charge is 2.43. The van der Waals surface area contributed by atoms with Crippen LogP contribution in [0, 0.1) is 17.3 Å². The summed E-state index contributed by atoms with van der Waals surface area (Å²) < 4.78 is 0. The van der Waals surface area contributed by atoms with E-state index in [2.05, 4.69) is 11.8 Å². The number of carbonyl (C=O) groups excluding carboxylic acids is 2. The minimum atomic E-state index is -0.000643. The number of hydrogen-bond donors (Lipinski definition) is 0. The van der Waals surface area contributed by atoms with Gasteiger partial charge in [-0.1, -0.05) is 19.3 Å². The molecule has 0 radical (unpaired) electrons. The average molecular weight is 247 g/mol. The van der Waals surface area contributed by atoms with Crippen LogP contribution < -0.4 is 0 Å². The molecule has 18 heavy (non-hydrogen) atoms. The van der Waals surface area contributed by atoms with E-state index in [9.17, 15) is 9.59 Å². The molecule has 98 valence electrons. The van der Waals surface area contributed by atoms with Gasteiger partial charge >= 0.3 is 0 Å². The molecule has 2 aliphatic rings. The van der Waals surface area contributed by atoms with Crippen molar-refractivity contribution in [2.75, 3.05) is 6.54 Å². The maximum absolute atomic E-state index is 12.1. The lowest BCUT2D eigenvalue weighted by Crippen LogP contribution is -2.48. The summed E-state index contributed by atoms with van der Waals surface area (Å²) in [6.07, 6.45) is 7.42. The molecule has 0 aromatic rings. The number of likely N-dealkylation sites (tertiary alicyclic amines) is 1. The quantitative estimate of drug-likeness (QED) is 0.555. The highest BCUT2D eigenvalue weighted by molar-refractivity contribution is 5.98. The van der Waals surface area contributed by atoms with Crippen LogP contribution in [0.2, 0.25) is 0 Å². The number of hydrogen-bond acceptors (Lipinski definition) is 2. The minimum Gasteiger partial charge on any atom is -0.282 e. The number of piperidine rings is 1. The Morgan fingerprint density at radius 1 is 1.11 bits per heavy atom. The summed E-state index contributed by atoms with van der Waals surface area (Å²) in [6.45, 7) is 2.24. The lowest BCUT2D eigenvalue weighted by Gasteiger charge is -2.42. The maximum atomic E-state index is 12.1. The molecule has 2 amide bonds. The summed E-state index contributed by atoms with van der Waals surface area (Å²) in [5, 5.41) is 0. The summed E-state index contributed by atoms with van der Waals surface area (Å²) in [4.78, 5) is 25.7. The van der Waals surface area contributed by atoms with Crippen molar-refractivity contribution in [3.8, 4) is 11.8 Å². The van der Waals surface area contributed by atoms with Gasteiger partial charge in [-0.2, -0.15) is 0 Å². The molecule has 0 atom stereocenters. The summed E-state index contributed by atoms with van der Waals surface area (Å²) in [5.74, 6) is 5.75. The van der Waals surface area contributed by atoms with Crippen LogP contribution in [0.25, 0.3) is 0 Å². The van der Waals surface area contributed by atoms with Gasteiger partial charge in [-0.3, -0.25) is 14.5 Å². The minimum absolute atomic E-state index is 0.000643. The fraction of sp³-hybridized carbons (Fsp3) is 0.733. The molecule has 3 heteroatoms. The summed E-state index contributed by atoms with van der Waals surface area (Å²) >= 11 is 0. The summed E-state index contributed by atoms with van der Waals surface area (Å²) in [5.41, 5.74) is -0.000643. The molecule has 1 spiro atoms. The predicted octanol–water partition coefficient (Wildman–Crippen LogP) is 2.50. The molecule has 1 saturated carbocycles. The average Bonchev–Trinajstić information content (AvgIpc) is 2.34. The monoisotopic (exact) mass is 247 g/mol. The number of carbonyl (C=O) groups is 2. The van der Waals surface area contributed by atoms with Gasteiger partial charge in [0.2, 0.25) is 11.8 Å². The molecule has 3 nitrogen and oxygen atoms in total. The van der Waals surface area contributed by atoms with Crippen LogP contribution in [0.3, 0.4) is 0 Å². The molecule has 0 aromatic carbocycles. The van der Waals surface area contributed by atoms with Gasteiger partial charge < -0.3 is 0 Å². The largest absolute Gasteiger partial charge is 0.282 e. The molecule has 0 N–H and O–H groups in total. The maximum Gasteiger partial charge on any atom is 0.229 e. The number of rotatable bonds is 2. The molecule has 1 heterocycles. The zero-order chi connectivity index (χ0) is 13.0. The van der Waals surface area contributed by atoms with Crippen LogP contribution in [0.4, 0.5) is 0 Å². The van der Waals surface area contributed by atoms with Gasteiger partial charge in [0, 0.05) is 25.8 Å². The van der Waals surface area contributed by atoms with Gasteiger partial charge in [0.25, 0.3) is 0 Å². The van der Waals surface area contributed by atoms with E-state index in [1.54, 1.807) is 6.92 Å². The fourth-order valence-electron chi connectivity index (χ4n) is 3.23. The van der Waals surface area contributed by atoms with E-state index in [0.29, 0.717) is 25.8 Å². The van der Waals surface area contributed by atoms with Crippen molar-refractivity contribution in [3.63, 3.8) is 0 Å². The SMILES string of the molecule is CC#CCCN1C(=O)CC2(CCCCC2)CC1=O. The van der Waals surface area contributed by atoms with E-state index in [-0.39, 0.29) is 17.2 Å². The van der Waals surface area contributed by atoms with Crippen molar-refractivity contribution >= 4 is 11.8 Å². The van der Waals surface area contributed by atoms with Crippen LogP contribution in [-0.4, -0.2) is 23.3 Å². The lowest BCUT2D eigenvalue weighted by atomic mass is 9.67. The Labute approximate surface area is 109 Å². The summed E-state index contributed by atoms with van der Waals surface area (Å²) in [6, 6.07) is 0. The van der Waals surface area contributed by atoms with Crippen LogP contribution in [-0.2, 0) is 9.59 Å². The smallest absolute Gasteiger partial charge is 0.229 e. The Morgan fingerprint density at radius 2 is 1.72 bits per heavy atom. The number of amides is 2. The van der Waals surface area contributed by atoms with E-state index in [1.165, 1.54) is 24.2 Å². The third-order valence-electron chi connectivity index (χ3n) is 4.21. The third kappa shape index (κ3) is 2.75. The van der Waals surface area contributed by atoms with E-state index < -0.39 is 0 Å². The number of imide groups is 1. The highest BCUT2D eigenvalue weighted by atomic mass is 16.2. The van der Waals surface area contributed by atoms with E-state index in [0.717, 1.165) is 12.8 Å². The number of nitrogens with zero attached hydrogens (tertiary/aromatic N) is 1. The molecule has 2 rings (SSSR count). The predicted molar refractivity (Wildman–Crippen MR) is 69.5 cm³/mol. The van der Waals surface area contributed by atoms with Gasteiger partial charge in [0.1, 0.15) is 0 Å². The second-order valence-electron chi connectivity index (χ2n) is 5.53. The van der Waals surface area contributed by atoms with Gasteiger partial charge in [0.15, 0.2) is 0 Å². The molecule has 1 aliphatic heterocycles. The molecule has 0 bridgehead atoms. The normalized spacial score (nSPS) is 22.8. The van der Waals surface area contributed by atoms with Gasteiger partial charge in [-0.25, -0.2) is 0 Å². The molecule has 2 fully saturated rings. The zero-order valence-corrected chi connectivity index (χ0v) is 11.1. The van der Waals surface area contributed by atoms with Gasteiger partial charge in [0.05, 0.1) is 0 Å². The van der Waals surface area contributed by atoms with Crippen LogP contribution >= 0.6 is 0 Å². The van der Waals surface area contributed by atoms with Crippen molar-refractivity contribution in [1.29, 1.82) is 0 Å². The van der Waals surface area contributed by atoms with Gasteiger partial charge in [-0.05, 0) is 25.2 Å². The van der Waals surface area contributed by atoms with Crippen LogP contribution in [0.1, 0.15) is 58.3 Å². The molecular weight excluding hydrogens is 226 g/mol. The standard InChI is InChI=1S/C15H21NO2/c1-2-3-7-10-16-13(17)11-15(12-14(16)18)8-5-4-6-9-15/h4-12H2,1H3. The van der Waals surface area contributed by atoms with Crippen LogP contribution in [0.15, 0.2) is 0 Å². The zero-order valence-electron chi connectivity index (χ0n) is 11.1. The Hall–Kier alpha value is -1.30. The third-order valence-corrected chi connectivity index (χ3v) is 4.21. The Bertz CT molecular complexity index is 376. The van der Waals surface area contributed by atoms with Gasteiger partial charge in [-0.15, -0.1) is 11.8 Å². The Kier molecular flexibility index (Phi) is 4.06. The first-order chi connectivity index (χ1) is 8.67. The van der Waals surface area contributed by atoms with Crippen molar-refractivity contribution < 1.29 is 9.59 Å². The lowest BCUT2D eigenvalue weighted by molar-refractivity contribution is -0.154. The topological polar surface area (TPSA) is 37.4 Å². The van der Waals surface area contributed by atoms with E-state index in [1.807, 2.05) is 0 Å². The molecule has 1 saturated heterocycles. The first-order valence-corrected chi connectivity index (χ1v) is 6.90. The van der Waals surface area contributed by atoms with E-state index >= 15 is 0 Å². The Balaban J connectivity index is 2.00. The van der Waals surface area contributed by atoms with Crippen molar-refractivity contribution in [2.24, 2.45) is 5.41 Å². The second-order valence-corrected chi connectivity index (χ2v) is 5.53. The van der Waals surface area contributed by atoms with Crippen molar-refractivity contribution in [2.45, 2.75) is 58.3 Å². The molecule has 0 unspecified atom stereocenters. The molecule has 1 aliphatic carbocycles. The molecule has 0 aromatic heterocycles. The van der Waals surface area contributed by atoms with Crippen molar-refractivity contribution in [1.82, 2.24) is 4.90 Å². The van der Waals surface area contributed by atoms with E-state index in [4.69, 9.17) is 0 Å². The van der Waals surface area contributed by atoms with Crippen molar-refractivity contribution in [3.05, 3.63) is 0 Å². The summed E-state index contributed by atoms with van der Waals surface area (Å²) in [7, 11) is 0. The fourth-order valence-corrected chi connectivity index (χ4v) is 3.23.